The summed E-state index contributed by atoms with van der Waals surface area (Å²) in [6, 6.07) is 0. The number of nitrogens with one attached hydrogen (secondary N) is 1. The SMILES string of the molecule is Nc1nc2c(ncn2[C@@H]2O[C@@H]3COP(=O)(O)O[C@@H]4C(O)[C@H](n5cnc6c(N)ncnc65)O[C@@H]4COP(=O)(O)COC2[C@H]3O)c(=O)[nH]1. The van der Waals surface area contributed by atoms with Gasteiger partial charge in [0.15, 0.2) is 35.1 Å². The lowest BCUT2D eigenvalue weighted by molar-refractivity contribution is -0.0649. The van der Waals surface area contributed by atoms with E-state index < -0.39 is 89.6 Å². The van der Waals surface area contributed by atoms with Crippen LogP contribution < -0.4 is 17.0 Å². The molecule has 3 aliphatic heterocycles. The first kappa shape index (κ1) is 31.2. The number of imidazole rings is 2. The number of phosphoric acid groups is 1. The molecule has 23 nitrogen and oxygen atoms in total. The predicted molar refractivity (Wildman–Crippen MR) is 148 cm³/mol. The number of H-pyrrole nitrogens is 1. The van der Waals surface area contributed by atoms with Gasteiger partial charge in [0.2, 0.25) is 5.95 Å². The summed E-state index contributed by atoms with van der Waals surface area (Å²) in [6.45, 7) is -1.51. The van der Waals surface area contributed by atoms with E-state index in [-0.39, 0.29) is 34.1 Å². The Bertz CT molecular complexity index is 1950. The van der Waals surface area contributed by atoms with E-state index in [1.807, 2.05) is 0 Å². The van der Waals surface area contributed by atoms with Gasteiger partial charge in [-0.15, -0.1) is 0 Å². The summed E-state index contributed by atoms with van der Waals surface area (Å²) in [5.74, 6) is -0.212. The predicted octanol–water partition coefficient (Wildman–Crippen LogP) is -2.30. The number of fused-ring (bicyclic) bond motifs is 5. The van der Waals surface area contributed by atoms with Crippen LogP contribution in [0.4, 0.5) is 11.8 Å². The van der Waals surface area contributed by atoms with Crippen LogP contribution in [-0.2, 0) is 36.9 Å². The topological polar surface area (TPSA) is 330 Å². The smallest absolute Gasteiger partial charge is 0.387 e. The number of hydrogen-bond donors (Lipinski definition) is 7. The molecular weight excluding hydrogens is 662 g/mol. The first-order valence-corrected chi connectivity index (χ1v) is 16.6. The second-order valence-corrected chi connectivity index (χ2v) is 13.7. The van der Waals surface area contributed by atoms with Gasteiger partial charge in [-0.05, 0) is 0 Å². The van der Waals surface area contributed by atoms with Crippen molar-refractivity contribution in [3.05, 3.63) is 29.3 Å². The fourth-order valence-electron chi connectivity index (χ4n) is 5.42. The molecule has 4 aromatic heterocycles. The molecule has 0 amide bonds. The second kappa shape index (κ2) is 11.4. The molecule has 3 saturated heterocycles. The molecule has 248 valence electrons. The van der Waals surface area contributed by atoms with Gasteiger partial charge in [-0.2, -0.15) is 4.98 Å². The molecule has 3 fully saturated rings. The van der Waals surface area contributed by atoms with Crippen LogP contribution in [0.1, 0.15) is 12.5 Å². The van der Waals surface area contributed by atoms with E-state index in [1.54, 1.807) is 0 Å². The van der Waals surface area contributed by atoms with Crippen LogP contribution in [0, 0.1) is 0 Å². The minimum absolute atomic E-state index is 0.0418. The second-order valence-electron chi connectivity index (χ2n) is 10.5. The Labute approximate surface area is 255 Å². The van der Waals surface area contributed by atoms with E-state index in [4.69, 9.17) is 39.2 Å². The quantitative estimate of drug-likeness (QED) is 0.109. The number of aliphatic hydroxyl groups is 2. The summed E-state index contributed by atoms with van der Waals surface area (Å²) >= 11 is 0. The minimum atomic E-state index is -5.08. The highest BCUT2D eigenvalue weighted by molar-refractivity contribution is 7.52. The highest BCUT2D eigenvalue weighted by Crippen LogP contribution is 2.51. The lowest BCUT2D eigenvalue weighted by Crippen LogP contribution is -2.38. The lowest BCUT2D eigenvalue weighted by Gasteiger charge is -2.26. The summed E-state index contributed by atoms with van der Waals surface area (Å²) in [5, 5.41) is 22.2. The van der Waals surface area contributed by atoms with Gasteiger partial charge >= 0.3 is 15.4 Å². The van der Waals surface area contributed by atoms with E-state index in [0.717, 1.165) is 12.7 Å². The third-order valence-corrected chi connectivity index (χ3v) is 9.55. The summed E-state index contributed by atoms with van der Waals surface area (Å²) in [7, 11) is -9.73. The van der Waals surface area contributed by atoms with Gasteiger partial charge in [-0.1, -0.05) is 0 Å². The Morgan fingerprint density at radius 2 is 1.57 bits per heavy atom. The Kier molecular flexibility index (Phi) is 7.70. The van der Waals surface area contributed by atoms with Crippen molar-refractivity contribution in [1.82, 2.24) is 39.0 Å². The highest BCUT2D eigenvalue weighted by atomic mass is 31.2. The number of nitrogens with zero attached hydrogens (tertiary/aromatic N) is 7. The molecule has 0 aliphatic carbocycles. The third-order valence-electron chi connectivity index (χ3n) is 7.54. The van der Waals surface area contributed by atoms with Crippen molar-refractivity contribution >= 4 is 49.5 Å². The van der Waals surface area contributed by atoms with E-state index in [9.17, 15) is 33.9 Å². The molecule has 7 heterocycles. The van der Waals surface area contributed by atoms with Crippen molar-refractivity contribution in [2.75, 3.05) is 31.0 Å². The van der Waals surface area contributed by atoms with E-state index >= 15 is 0 Å². The first-order valence-electron chi connectivity index (χ1n) is 13.4. The molecule has 4 unspecified atom stereocenters. The Hall–Kier alpha value is -3.44. The third kappa shape index (κ3) is 5.49. The molecule has 0 aromatic carbocycles. The molecule has 7 rings (SSSR count). The van der Waals surface area contributed by atoms with Crippen LogP contribution >= 0.6 is 15.4 Å². The van der Waals surface area contributed by atoms with Gasteiger partial charge in [0.05, 0.1) is 25.9 Å². The minimum Gasteiger partial charge on any atom is -0.387 e. The van der Waals surface area contributed by atoms with Crippen molar-refractivity contribution in [3.63, 3.8) is 0 Å². The molecule has 9 N–H and O–H groups in total. The van der Waals surface area contributed by atoms with Crippen LogP contribution in [0.25, 0.3) is 22.3 Å². The number of anilines is 2. The number of aliphatic hydroxyl groups excluding tert-OH is 2. The van der Waals surface area contributed by atoms with Gasteiger partial charge in [0.1, 0.15) is 54.8 Å². The zero-order valence-corrected chi connectivity index (χ0v) is 24.9. The highest BCUT2D eigenvalue weighted by Gasteiger charge is 2.52. The lowest BCUT2D eigenvalue weighted by atomic mass is 10.1. The zero-order valence-electron chi connectivity index (χ0n) is 23.1. The Balaban J connectivity index is 1.18. The van der Waals surface area contributed by atoms with Crippen LogP contribution in [0.2, 0.25) is 0 Å². The molecule has 3 aliphatic rings. The molecular formula is C21H26N10O13P2. The molecule has 10 atom stereocenters. The van der Waals surface area contributed by atoms with Crippen molar-refractivity contribution in [3.8, 4) is 0 Å². The number of rotatable bonds is 2. The van der Waals surface area contributed by atoms with Crippen LogP contribution in [-0.4, -0.2) is 115 Å². The fourth-order valence-corrected chi connectivity index (χ4v) is 7.20. The molecule has 0 radical (unpaired) electrons. The van der Waals surface area contributed by atoms with Crippen LogP contribution in [0.5, 0.6) is 0 Å². The van der Waals surface area contributed by atoms with Gasteiger partial charge in [-0.25, -0.2) is 24.5 Å². The average Bonchev–Trinajstić information content (AvgIpc) is 3.75. The zero-order chi connectivity index (χ0) is 32.5. The van der Waals surface area contributed by atoms with Crippen LogP contribution in [0.3, 0.4) is 0 Å². The Morgan fingerprint density at radius 3 is 2.35 bits per heavy atom. The fraction of sp³-hybridized carbons (Fsp3) is 0.524. The normalized spacial score (nSPS) is 37.4. The van der Waals surface area contributed by atoms with E-state index in [2.05, 4.69) is 29.9 Å². The maximum Gasteiger partial charge on any atom is 0.472 e. The number of nitrogen functional groups attached to an aromatic ring is 2. The first-order chi connectivity index (χ1) is 21.8. The van der Waals surface area contributed by atoms with E-state index in [1.165, 1.54) is 15.5 Å². The summed E-state index contributed by atoms with van der Waals surface area (Å²) in [6.07, 6.45) is -9.38. The summed E-state index contributed by atoms with van der Waals surface area (Å²) in [4.78, 5) is 55.9. The molecule has 0 spiro atoms. The van der Waals surface area contributed by atoms with Crippen molar-refractivity contribution in [2.24, 2.45) is 0 Å². The van der Waals surface area contributed by atoms with Crippen molar-refractivity contribution in [2.45, 2.75) is 49.1 Å². The van der Waals surface area contributed by atoms with Crippen molar-refractivity contribution < 1.29 is 56.9 Å². The van der Waals surface area contributed by atoms with Gasteiger partial charge in [-0.3, -0.25) is 32.5 Å². The number of aromatic amines is 1. The molecule has 25 heteroatoms. The molecule has 0 saturated carbocycles. The molecule has 4 aromatic rings. The summed E-state index contributed by atoms with van der Waals surface area (Å²) < 4.78 is 61.7. The standard InChI is InChI=1S/C21H26N10O13P2/c22-15-9-16(25-3-24-15)30(4-26-9)19-12(33)13-8(43-19)2-40-45(35,36)6-39-14-11(32)7(1-41-46(37,38)44-13)42-20(14)31-5-27-10-17(31)28-21(23)29-18(10)34/h3-5,7-8,11-14,19-20,32-33H,1-2,6H2,(H,35,36)(H,37,38)(H2,22,24,25)(H3,23,28,29,34)/t7-,8-,11+,12?,13+,14?,19-,20-/m1/s1. The van der Waals surface area contributed by atoms with Gasteiger partial charge < -0.3 is 50.2 Å². The van der Waals surface area contributed by atoms with Crippen molar-refractivity contribution in [1.29, 1.82) is 0 Å². The number of phosphoric ester groups is 1. The number of nitrogens with two attached hydrogens (primary N) is 2. The monoisotopic (exact) mass is 688 g/mol. The van der Waals surface area contributed by atoms with Gasteiger partial charge in [0, 0.05) is 0 Å². The van der Waals surface area contributed by atoms with E-state index in [0.29, 0.717) is 0 Å². The Morgan fingerprint density at radius 1 is 0.870 bits per heavy atom. The largest absolute Gasteiger partial charge is 0.472 e. The average molecular weight is 688 g/mol. The van der Waals surface area contributed by atoms with Crippen LogP contribution in [0.15, 0.2) is 23.8 Å². The van der Waals surface area contributed by atoms with Gasteiger partial charge in [0.25, 0.3) is 5.56 Å². The maximum atomic E-state index is 13.1. The number of ether oxygens (including phenoxy) is 3. The molecule has 46 heavy (non-hydrogen) atoms. The maximum absolute atomic E-state index is 13.1. The molecule has 2 bridgehead atoms. The number of hydrogen-bond acceptors (Lipinski definition) is 18. The summed E-state index contributed by atoms with van der Waals surface area (Å²) in [5.41, 5.74) is 11.0. The number of aromatic nitrogens is 8.